The molecular weight excluding hydrogens is 455 g/mol. The number of fused-ring (bicyclic) bond motifs is 1. The molecule has 0 unspecified atom stereocenters. The zero-order chi connectivity index (χ0) is 21.0. The van der Waals surface area contributed by atoms with Crippen LogP contribution in [0, 0.1) is 0 Å². The first kappa shape index (κ1) is 24.8. The molecule has 1 amide bonds. The molecular formula is C26H28Cl2N4O. The van der Waals surface area contributed by atoms with Gasteiger partial charge in [0.25, 0.3) is 5.91 Å². The van der Waals surface area contributed by atoms with Crippen LogP contribution in [0.1, 0.15) is 35.2 Å². The number of amides is 1. The summed E-state index contributed by atoms with van der Waals surface area (Å²) in [6, 6.07) is 22.3. The van der Waals surface area contributed by atoms with E-state index in [-0.39, 0.29) is 30.7 Å². The second-order valence-corrected chi connectivity index (χ2v) is 8.20. The number of halogens is 2. The number of nitrogens with zero attached hydrogens (tertiary/aromatic N) is 2. The van der Waals surface area contributed by atoms with Gasteiger partial charge in [0.1, 0.15) is 0 Å². The molecule has 7 heteroatoms. The Kier molecular flexibility index (Phi) is 8.50. The van der Waals surface area contributed by atoms with Crippen LogP contribution in [0.5, 0.6) is 0 Å². The SMILES string of the molecule is Cl.Cl.O=C(Nc1ccc2[nH]ncc2c1)c1ccc(-c2ccccc2)c(CN2CCCCC2)c1. The van der Waals surface area contributed by atoms with E-state index in [1.807, 2.05) is 30.3 Å². The van der Waals surface area contributed by atoms with E-state index in [0.717, 1.165) is 36.2 Å². The molecule has 0 spiro atoms. The minimum absolute atomic E-state index is 0. The summed E-state index contributed by atoms with van der Waals surface area (Å²) in [5, 5.41) is 11.0. The van der Waals surface area contributed by atoms with Crippen molar-refractivity contribution in [2.24, 2.45) is 0 Å². The monoisotopic (exact) mass is 482 g/mol. The second-order valence-electron chi connectivity index (χ2n) is 8.20. The summed E-state index contributed by atoms with van der Waals surface area (Å²) in [4.78, 5) is 15.5. The normalized spacial score (nSPS) is 13.7. The molecule has 4 aromatic rings. The highest BCUT2D eigenvalue weighted by Gasteiger charge is 2.16. The third-order valence-electron chi connectivity index (χ3n) is 5.99. The van der Waals surface area contributed by atoms with Crippen LogP contribution in [0.3, 0.4) is 0 Å². The molecule has 5 nitrogen and oxygen atoms in total. The average molecular weight is 483 g/mol. The number of carbonyl (C=O) groups excluding carboxylic acids is 1. The first-order valence-corrected chi connectivity index (χ1v) is 10.9. The van der Waals surface area contributed by atoms with Crippen LogP contribution in [0.15, 0.2) is 72.9 Å². The van der Waals surface area contributed by atoms with E-state index in [0.29, 0.717) is 5.56 Å². The lowest BCUT2D eigenvalue weighted by Crippen LogP contribution is -2.29. The maximum Gasteiger partial charge on any atom is 0.255 e. The number of piperidine rings is 1. The third kappa shape index (κ3) is 5.74. The highest BCUT2D eigenvalue weighted by Crippen LogP contribution is 2.27. The number of anilines is 1. The van der Waals surface area contributed by atoms with Gasteiger partial charge in [0, 0.05) is 23.2 Å². The molecule has 0 atom stereocenters. The van der Waals surface area contributed by atoms with E-state index >= 15 is 0 Å². The summed E-state index contributed by atoms with van der Waals surface area (Å²) in [5.74, 6) is -0.0950. The van der Waals surface area contributed by atoms with Crippen molar-refractivity contribution < 1.29 is 4.79 Å². The predicted octanol–water partition coefficient (Wildman–Crippen LogP) is 6.31. The molecule has 1 aromatic heterocycles. The molecule has 3 aromatic carbocycles. The Morgan fingerprint density at radius 3 is 2.52 bits per heavy atom. The van der Waals surface area contributed by atoms with E-state index < -0.39 is 0 Å². The zero-order valence-corrected chi connectivity index (χ0v) is 19.9. The highest BCUT2D eigenvalue weighted by atomic mass is 35.5. The molecule has 33 heavy (non-hydrogen) atoms. The van der Waals surface area contributed by atoms with Gasteiger partial charge in [-0.1, -0.05) is 42.8 Å². The van der Waals surface area contributed by atoms with Crippen LogP contribution in [0.4, 0.5) is 5.69 Å². The third-order valence-corrected chi connectivity index (χ3v) is 5.99. The molecule has 0 bridgehead atoms. The summed E-state index contributed by atoms with van der Waals surface area (Å²) in [6.45, 7) is 3.11. The Hall–Kier alpha value is -2.86. The number of aromatic nitrogens is 2. The summed E-state index contributed by atoms with van der Waals surface area (Å²) >= 11 is 0. The van der Waals surface area contributed by atoms with Crippen molar-refractivity contribution in [1.82, 2.24) is 15.1 Å². The number of hydrogen-bond donors (Lipinski definition) is 2. The fourth-order valence-electron chi connectivity index (χ4n) is 4.35. The minimum Gasteiger partial charge on any atom is -0.322 e. The van der Waals surface area contributed by atoms with Crippen molar-refractivity contribution >= 4 is 47.3 Å². The molecule has 1 fully saturated rings. The van der Waals surface area contributed by atoms with Crippen LogP contribution in [-0.4, -0.2) is 34.1 Å². The number of aromatic amines is 1. The lowest BCUT2D eigenvalue weighted by molar-refractivity contribution is 0.102. The van der Waals surface area contributed by atoms with E-state index in [2.05, 4.69) is 56.8 Å². The van der Waals surface area contributed by atoms with Gasteiger partial charge in [-0.15, -0.1) is 24.8 Å². The van der Waals surface area contributed by atoms with Gasteiger partial charge in [0.15, 0.2) is 0 Å². The summed E-state index contributed by atoms with van der Waals surface area (Å²) in [7, 11) is 0. The van der Waals surface area contributed by atoms with Crippen molar-refractivity contribution in [3.05, 3.63) is 84.1 Å². The van der Waals surface area contributed by atoms with Gasteiger partial charge in [-0.3, -0.25) is 14.8 Å². The maximum absolute atomic E-state index is 13.0. The number of likely N-dealkylation sites (tertiary alicyclic amines) is 1. The van der Waals surface area contributed by atoms with Gasteiger partial charge in [-0.05, 0) is 73.0 Å². The summed E-state index contributed by atoms with van der Waals surface area (Å²) < 4.78 is 0. The van der Waals surface area contributed by atoms with Gasteiger partial charge in [-0.25, -0.2) is 0 Å². The first-order valence-electron chi connectivity index (χ1n) is 10.9. The van der Waals surface area contributed by atoms with E-state index in [1.165, 1.54) is 36.0 Å². The Balaban J connectivity index is 0.00000153. The van der Waals surface area contributed by atoms with Crippen molar-refractivity contribution in [2.45, 2.75) is 25.8 Å². The molecule has 5 rings (SSSR count). The van der Waals surface area contributed by atoms with Crippen molar-refractivity contribution in [2.75, 3.05) is 18.4 Å². The molecule has 2 N–H and O–H groups in total. The molecule has 172 valence electrons. The molecule has 1 saturated heterocycles. The second kappa shape index (κ2) is 11.3. The topological polar surface area (TPSA) is 61.0 Å². The van der Waals surface area contributed by atoms with Gasteiger partial charge >= 0.3 is 0 Å². The van der Waals surface area contributed by atoms with Gasteiger partial charge in [0.05, 0.1) is 11.7 Å². The number of H-pyrrole nitrogens is 1. The Bertz CT molecular complexity index is 1200. The molecule has 0 saturated carbocycles. The van der Waals surface area contributed by atoms with Crippen molar-refractivity contribution in [3.63, 3.8) is 0 Å². The van der Waals surface area contributed by atoms with Crippen molar-refractivity contribution in [3.8, 4) is 11.1 Å². The van der Waals surface area contributed by atoms with Gasteiger partial charge < -0.3 is 5.32 Å². The average Bonchev–Trinajstić information content (AvgIpc) is 3.28. The van der Waals surface area contributed by atoms with Crippen LogP contribution in [0.2, 0.25) is 0 Å². The zero-order valence-electron chi connectivity index (χ0n) is 18.3. The van der Waals surface area contributed by atoms with Crippen LogP contribution >= 0.6 is 24.8 Å². The highest BCUT2D eigenvalue weighted by molar-refractivity contribution is 6.05. The van der Waals surface area contributed by atoms with Crippen molar-refractivity contribution in [1.29, 1.82) is 0 Å². The quantitative estimate of drug-likeness (QED) is 0.350. The largest absolute Gasteiger partial charge is 0.322 e. The molecule has 1 aliphatic heterocycles. The molecule has 0 radical (unpaired) electrons. The first-order chi connectivity index (χ1) is 15.3. The fraction of sp³-hybridized carbons (Fsp3) is 0.231. The molecule has 0 aliphatic carbocycles. The van der Waals surface area contributed by atoms with E-state index in [1.54, 1.807) is 6.20 Å². The number of benzene rings is 3. The number of carbonyl (C=O) groups is 1. The smallest absolute Gasteiger partial charge is 0.255 e. The standard InChI is InChI=1S/C26H26N4O.2ClH/c31-26(28-23-10-12-25-21(16-23)17-27-29-25)20-9-11-24(19-7-3-1-4-8-19)22(15-20)18-30-13-5-2-6-14-30;;/h1,3-4,7-12,15-17H,2,5-6,13-14,18H2,(H,27,29)(H,28,31);2*1H. The maximum atomic E-state index is 13.0. The van der Waals surface area contributed by atoms with E-state index in [4.69, 9.17) is 0 Å². The lowest BCUT2D eigenvalue weighted by atomic mass is 9.96. The summed E-state index contributed by atoms with van der Waals surface area (Å²) in [5.41, 5.74) is 5.98. The number of hydrogen-bond acceptors (Lipinski definition) is 3. The minimum atomic E-state index is -0.0950. The fourth-order valence-corrected chi connectivity index (χ4v) is 4.35. The number of nitrogens with one attached hydrogen (secondary N) is 2. The molecule has 2 heterocycles. The van der Waals surface area contributed by atoms with Gasteiger partial charge in [0.2, 0.25) is 0 Å². The van der Waals surface area contributed by atoms with Crippen LogP contribution in [0.25, 0.3) is 22.0 Å². The lowest BCUT2D eigenvalue weighted by Gasteiger charge is -2.27. The number of rotatable bonds is 5. The Morgan fingerprint density at radius 1 is 0.939 bits per heavy atom. The predicted molar refractivity (Wildman–Crippen MR) is 140 cm³/mol. The Morgan fingerprint density at radius 2 is 1.73 bits per heavy atom. The van der Waals surface area contributed by atoms with E-state index in [9.17, 15) is 4.79 Å². The summed E-state index contributed by atoms with van der Waals surface area (Å²) in [6.07, 6.45) is 5.57. The Labute approximate surface area is 206 Å². The van der Waals surface area contributed by atoms with Crippen LogP contribution in [-0.2, 0) is 6.54 Å². The molecule has 1 aliphatic rings. The van der Waals surface area contributed by atoms with Crippen LogP contribution < -0.4 is 5.32 Å². The van der Waals surface area contributed by atoms with Gasteiger partial charge in [-0.2, -0.15) is 5.10 Å².